The number of halogens is 2. The maximum Gasteiger partial charge on any atom is 0.247 e. The van der Waals surface area contributed by atoms with Crippen molar-refractivity contribution in [3.8, 4) is 5.75 Å². The van der Waals surface area contributed by atoms with Gasteiger partial charge in [0, 0.05) is 9.49 Å². The molecule has 4 atom stereocenters. The lowest BCUT2D eigenvalue weighted by Crippen LogP contribution is -2.49. The van der Waals surface area contributed by atoms with Crippen LogP contribution >= 0.6 is 34.2 Å². The lowest BCUT2D eigenvalue weighted by Gasteiger charge is -2.26. The SMILES string of the molecule is C[C@@H](c1ccccc1)[C@H](NC(=O)[C@H](N)c1ccc(OC[C@H](O)CO)cc1)C(=O)Nc1ccc(I)cc1Cl. The fraction of sp³-hybridized carbons (Fsp3) is 0.259. The summed E-state index contributed by atoms with van der Waals surface area (Å²) in [6.45, 7) is 1.38. The van der Waals surface area contributed by atoms with Crippen LogP contribution in [0.2, 0.25) is 5.02 Å². The number of carbonyl (C=O) groups is 2. The van der Waals surface area contributed by atoms with E-state index in [1.165, 1.54) is 0 Å². The third-order valence-corrected chi connectivity index (χ3v) is 6.75. The molecule has 0 fully saturated rings. The molecule has 0 aliphatic heterocycles. The Morgan fingerprint density at radius 3 is 2.32 bits per heavy atom. The molecule has 0 aromatic heterocycles. The quantitative estimate of drug-likeness (QED) is 0.204. The fourth-order valence-corrected chi connectivity index (χ4v) is 4.48. The number of aliphatic hydroxyl groups is 2. The number of nitrogens with one attached hydrogen (secondary N) is 2. The van der Waals surface area contributed by atoms with Gasteiger partial charge in [-0.2, -0.15) is 0 Å². The molecule has 3 rings (SSSR count). The number of hydrogen-bond acceptors (Lipinski definition) is 6. The summed E-state index contributed by atoms with van der Waals surface area (Å²) in [6.07, 6.45) is -0.989. The summed E-state index contributed by atoms with van der Waals surface area (Å²) >= 11 is 8.44. The van der Waals surface area contributed by atoms with Gasteiger partial charge < -0.3 is 31.3 Å². The number of aliphatic hydroxyl groups excluding tert-OH is 2. The Kier molecular flexibility index (Phi) is 10.7. The summed E-state index contributed by atoms with van der Waals surface area (Å²) in [7, 11) is 0. The zero-order chi connectivity index (χ0) is 26.9. The standard InChI is InChI=1S/C27H29ClIN3O5/c1-16(17-5-3-2-4-6-17)25(27(36)31-23-12-9-19(29)13-22(23)28)32-26(35)24(30)18-7-10-21(11-8-18)37-15-20(34)14-33/h2-13,16,20,24-25,33-34H,14-15,30H2,1H3,(H,31,36)(H,32,35)/t16-,20+,24+,25-/m0/s1. The molecule has 0 saturated heterocycles. The third kappa shape index (κ3) is 8.14. The largest absolute Gasteiger partial charge is 0.491 e. The van der Waals surface area contributed by atoms with Crippen molar-refractivity contribution in [2.75, 3.05) is 18.5 Å². The molecule has 10 heteroatoms. The van der Waals surface area contributed by atoms with Crippen molar-refractivity contribution < 1.29 is 24.5 Å². The van der Waals surface area contributed by atoms with E-state index < -0.39 is 36.6 Å². The maximum absolute atomic E-state index is 13.4. The molecule has 0 heterocycles. The first-order valence-corrected chi connectivity index (χ1v) is 13.0. The van der Waals surface area contributed by atoms with Gasteiger partial charge in [0.05, 0.1) is 17.3 Å². The molecule has 0 radical (unpaired) electrons. The first kappa shape index (κ1) is 28.9. The lowest BCUT2D eigenvalue weighted by atomic mass is 9.92. The second-order valence-electron chi connectivity index (χ2n) is 8.49. The minimum atomic E-state index is -1.04. The molecular weight excluding hydrogens is 609 g/mol. The minimum Gasteiger partial charge on any atom is -0.491 e. The molecule has 3 aromatic rings. The first-order chi connectivity index (χ1) is 17.7. The van der Waals surface area contributed by atoms with E-state index in [4.69, 9.17) is 27.2 Å². The van der Waals surface area contributed by atoms with Gasteiger partial charge >= 0.3 is 0 Å². The summed E-state index contributed by atoms with van der Waals surface area (Å²) in [6, 6.07) is 19.2. The van der Waals surface area contributed by atoms with Crippen molar-refractivity contribution >= 4 is 51.7 Å². The highest BCUT2D eigenvalue weighted by atomic mass is 127. The normalized spacial score (nSPS) is 14.2. The molecule has 0 aliphatic carbocycles. The molecule has 196 valence electrons. The van der Waals surface area contributed by atoms with Crippen LogP contribution in [0, 0.1) is 3.57 Å². The van der Waals surface area contributed by atoms with E-state index in [2.05, 4.69) is 33.2 Å². The van der Waals surface area contributed by atoms with Gasteiger partial charge in [0.25, 0.3) is 0 Å². The molecule has 37 heavy (non-hydrogen) atoms. The number of benzene rings is 3. The number of rotatable bonds is 11. The summed E-state index contributed by atoms with van der Waals surface area (Å²) in [5, 5.41) is 24.3. The number of nitrogens with two attached hydrogens (primary N) is 1. The van der Waals surface area contributed by atoms with Crippen LogP contribution < -0.4 is 21.1 Å². The Hall–Kier alpha value is -2.70. The van der Waals surface area contributed by atoms with Crippen molar-refractivity contribution in [1.29, 1.82) is 0 Å². The zero-order valence-electron chi connectivity index (χ0n) is 20.1. The highest BCUT2D eigenvalue weighted by Gasteiger charge is 2.30. The summed E-state index contributed by atoms with van der Waals surface area (Å²) in [4.78, 5) is 26.5. The van der Waals surface area contributed by atoms with Crippen LogP contribution in [0.4, 0.5) is 5.69 Å². The van der Waals surface area contributed by atoms with E-state index >= 15 is 0 Å². The van der Waals surface area contributed by atoms with Crippen LogP contribution in [0.25, 0.3) is 0 Å². The Morgan fingerprint density at radius 1 is 1.03 bits per heavy atom. The number of amides is 2. The van der Waals surface area contributed by atoms with E-state index in [1.54, 1.807) is 36.4 Å². The molecule has 0 unspecified atom stereocenters. The van der Waals surface area contributed by atoms with Crippen molar-refractivity contribution in [3.63, 3.8) is 0 Å². The van der Waals surface area contributed by atoms with Crippen LogP contribution in [0.5, 0.6) is 5.75 Å². The lowest BCUT2D eigenvalue weighted by molar-refractivity contribution is -0.127. The summed E-state index contributed by atoms with van der Waals surface area (Å²) in [5.74, 6) is -0.867. The van der Waals surface area contributed by atoms with Crippen LogP contribution in [-0.4, -0.2) is 47.4 Å². The van der Waals surface area contributed by atoms with Gasteiger partial charge in [0.1, 0.15) is 30.5 Å². The predicted molar refractivity (Wildman–Crippen MR) is 152 cm³/mol. The maximum atomic E-state index is 13.4. The fourth-order valence-electron chi connectivity index (χ4n) is 3.58. The number of carbonyl (C=O) groups excluding carboxylic acids is 2. The second-order valence-corrected chi connectivity index (χ2v) is 10.1. The van der Waals surface area contributed by atoms with Crippen LogP contribution in [0.1, 0.15) is 30.0 Å². The Labute approximate surface area is 234 Å². The number of hydrogen-bond donors (Lipinski definition) is 5. The summed E-state index contributed by atoms with van der Waals surface area (Å²) < 4.78 is 6.31. The summed E-state index contributed by atoms with van der Waals surface area (Å²) in [5.41, 5.74) is 8.06. The van der Waals surface area contributed by atoms with Gasteiger partial charge in [-0.15, -0.1) is 0 Å². The van der Waals surface area contributed by atoms with Gasteiger partial charge in [-0.05, 0) is 64.0 Å². The van der Waals surface area contributed by atoms with Crippen LogP contribution in [0.3, 0.4) is 0 Å². The highest BCUT2D eigenvalue weighted by molar-refractivity contribution is 14.1. The highest BCUT2D eigenvalue weighted by Crippen LogP contribution is 2.26. The Balaban J connectivity index is 1.76. The third-order valence-electron chi connectivity index (χ3n) is 5.77. The monoisotopic (exact) mass is 637 g/mol. The van der Waals surface area contributed by atoms with E-state index in [9.17, 15) is 14.7 Å². The Bertz CT molecular complexity index is 1200. The topological polar surface area (TPSA) is 134 Å². The molecule has 0 bridgehead atoms. The van der Waals surface area contributed by atoms with Crippen molar-refractivity contribution in [2.24, 2.45) is 5.73 Å². The first-order valence-electron chi connectivity index (χ1n) is 11.6. The molecule has 2 amide bonds. The van der Waals surface area contributed by atoms with Crippen LogP contribution in [-0.2, 0) is 9.59 Å². The average molecular weight is 638 g/mol. The zero-order valence-corrected chi connectivity index (χ0v) is 23.0. The second kappa shape index (κ2) is 13.7. The average Bonchev–Trinajstić information content (AvgIpc) is 2.91. The van der Waals surface area contributed by atoms with Gasteiger partial charge in [0.2, 0.25) is 11.8 Å². The van der Waals surface area contributed by atoms with Crippen LogP contribution in [0.15, 0.2) is 72.8 Å². The van der Waals surface area contributed by atoms with Gasteiger partial charge in [-0.3, -0.25) is 9.59 Å². The van der Waals surface area contributed by atoms with Gasteiger partial charge in [0.15, 0.2) is 0 Å². The van der Waals surface area contributed by atoms with E-state index in [-0.39, 0.29) is 12.5 Å². The smallest absolute Gasteiger partial charge is 0.247 e. The predicted octanol–water partition coefficient (Wildman–Crippen LogP) is 3.60. The Morgan fingerprint density at radius 2 is 1.70 bits per heavy atom. The molecule has 8 nitrogen and oxygen atoms in total. The molecule has 0 spiro atoms. The van der Waals surface area contributed by atoms with E-state index in [0.717, 1.165) is 9.13 Å². The molecule has 6 N–H and O–H groups in total. The van der Waals surface area contributed by atoms with Crippen molar-refractivity contribution in [2.45, 2.75) is 31.0 Å². The minimum absolute atomic E-state index is 0.0683. The molecule has 0 aliphatic rings. The molecule has 0 saturated carbocycles. The number of ether oxygens (including phenoxy) is 1. The molecule has 3 aromatic carbocycles. The van der Waals surface area contributed by atoms with Gasteiger partial charge in [-0.25, -0.2) is 0 Å². The number of anilines is 1. The molecular formula is C27H29ClIN3O5. The van der Waals surface area contributed by atoms with Crippen molar-refractivity contribution in [3.05, 3.63) is 92.5 Å². The van der Waals surface area contributed by atoms with E-state index in [0.29, 0.717) is 22.0 Å². The van der Waals surface area contributed by atoms with Crippen molar-refractivity contribution in [1.82, 2.24) is 5.32 Å². The van der Waals surface area contributed by atoms with E-state index in [1.807, 2.05) is 43.3 Å². The van der Waals surface area contributed by atoms with Gasteiger partial charge in [-0.1, -0.05) is 61.0 Å².